The lowest BCUT2D eigenvalue weighted by Gasteiger charge is -2.24. The van der Waals surface area contributed by atoms with Crippen LogP contribution >= 0.6 is 8.25 Å². The molecule has 0 spiro atoms. The third-order valence-corrected chi connectivity index (χ3v) is 8.37. The van der Waals surface area contributed by atoms with Crippen LogP contribution in [0.4, 0.5) is 26.2 Å². The van der Waals surface area contributed by atoms with E-state index in [1.54, 1.807) is 4.72 Å². The summed E-state index contributed by atoms with van der Waals surface area (Å²) in [5.41, 5.74) is 5.80. The highest BCUT2D eigenvalue weighted by Gasteiger charge is 2.49. The van der Waals surface area contributed by atoms with Crippen molar-refractivity contribution < 1.29 is 44.8 Å². The molecule has 3 aromatic heterocycles. The van der Waals surface area contributed by atoms with Gasteiger partial charge in [0, 0.05) is 13.0 Å². The SMILES string of the molecule is Nc1nc2c(c(=O)[nH]1)NCN2C1C[C@H](F)C(CO[PH](=O)O[C@@H]2C(CNS(=O)(=O)O)OC(n3cnc4cncnc43)[C@@H]2F)O1. The number of fused-ring (bicyclic) bond motifs is 2. The molecule has 0 aromatic carbocycles. The molecule has 23 heteroatoms. The summed E-state index contributed by atoms with van der Waals surface area (Å²) in [6.45, 7) is -1.10. The van der Waals surface area contributed by atoms with E-state index in [0.717, 1.165) is 0 Å². The van der Waals surface area contributed by atoms with Crippen molar-refractivity contribution in [3.05, 3.63) is 29.2 Å². The zero-order chi connectivity index (χ0) is 30.5. The van der Waals surface area contributed by atoms with Gasteiger partial charge in [-0.25, -0.2) is 23.7 Å². The molecule has 0 amide bonds. The van der Waals surface area contributed by atoms with Crippen molar-refractivity contribution in [2.45, 2.75) is 49.5 Å². The van der Waals surface area contributed by atoms with Gasteiger partial charge in [-0.1, -0.05) is 0 Å². The minimum absolute atomic E-state index is 0.0947. The molecule has 0 aliphatic carbocycles. The summed E-state index contributed by atoms with van der Waals surface area (Å²) in [5, 5.41) is 2.84. The number of H-pyrrole nitrogens is 1. The van der Waals surface area contributed by atoms with Gasteiger partial charge in [0.05, 0.1) is 25.8 Å². The Balaban J connectivity index is 1.10. The Hall–Kier alpha value is -3.37. The maximum absolute atomic E-state index is 15.7. The minimum atomic E-state index is -4.70. The fourth-order valence-electron chi connectivity index (χ4n) is 5.03. The summed E-state index contributed by atoms with van der Waals surface area (Å²) in [6.07, 6.45) is -6.45. The van der Waals surface area contributed by atoms with E-state index in [1.807, 2.05) is 0 Å². The number of rotatable bonds is 10. The predicted octanol–water partition coefficient (Wildman–Crippen LogP) is -0.746. The van der Waals surface area contributed by atoms with Crippen LogP contribution in [0.3, 0.4) is 0 Å². The van der Waals surface area contributed by atoms with Crippen LogP contribution in [0.1, 0.15) is 12.6 Å². The molecule has 2 saturated heterocycles. The molecule has 3 aliphatic rings. The molecule has 0 radical (unpaired) electrons. The van der Waals surface area contributed by atoms with Crippen LogP contribution in [-0.2, 0) is 33.4 Å². The number of halogens is 2. The monoisotopic (exact) mass is 650 g/mol. The molecule has 0 saturated carbocycles. The summed E-state index contributed by atoms with van der Waals surface area (Å²) in [7, 11) is -8.23. The first kappa shape index (κ1) is 29.7. The van der Waals surface area contributed by atoms with Crippen molar-refractivity contribution in [3.63, 3.8) is 0 Å². The van der Waals surface area contributed by atoms with E-state index in [0.29, 0.717) is 5.52 Å². The molecule has 3 aromatic rings. The molecule has 234 valence electrons. The van der Waals surface area contributed by atoms with Crippen molar-refractivity contribution in [1.29, 1.82) is 0 Å². The van der Waals surface area contributed by atoms with Gasteiger partial charge in [0.1, 0.15) is 48.2 Å². The van der Waals surface area contributed by atoms with E-state index in [1.165, 1.54) is 28.3 Å². The fraction of sp³-hybridized carbons (Fsp3) is 0.550. The maximum Gasteiger partial charge on any atom is 0.333 e. The van der Waals surface area contributed by atoms with Crippen LogP contribution in [0.2, 0.25) is 0 Å². The maximum atomic E-state index is 15.7. The number of imidazole rings is 1. The number of hydrogen-bond donors (Lipinski definition) is 5. The molecule has 6 rings (SSSR count). The van der Waals surface area contributed by atoms with E-state index in [4.69, 9.17) is 28.8 Å². The number of nitrogen functional groups attached to an aromatic ring is 1. The summed E-state index contributed by atoms with van der Waals surface area (Å²) >= 11 is 0. The Morgan fingerprint density at radius 3 is 2.88 bits per heavy atom. The number of anilines is 3. The predicted molar refractivity (Wildman–Crippen MR) is 142 cm³/mol. The highest BCUT2D eigenvalue weighted by atomic mass is 32.2. The van der Waals surface area contributed by atoms with Crippen LogP contribution in [0.25, 0.3) is 11.2 Å². The Morgan fingerprint density at radius 1 is 1.28 bits per heavy atom. The van der Waals surface area contributed by atoms with Gasteiger partial charge in [-0.3, -0.25) is 23.5 Å². The van der Waals surface area contributed by atoms with Crippen LogP contribution in [0.5, 0.6) is 0 Å². The van der Waals surface area contributed by atoms with E-state index >= 15 is 4.39 Å². The van der Waals surface area contributed by atoms with Crippen molar-refractivity contribution >= 4 is 47.2 Å². The lowest BCUT2D eigenvalue weighted by Crippen LogP contribution is -2.39. The van der Waals surface area contributed by atoms with Gasteiger partial charge in [-0.15, -0.1) is 0 Å². The molecule has 6 heterocycles. The number of nitrogens with one attached hydrogen (secondary N) is 3. The van der Waals surface area contributed by atoms with Crippen molar-refractivity contribution in [2.24, 2.45) is 0 Å². The number of aromatic nitrogens is 6. The molecule has 19 nitrogen and oxygen atoms in total. The highest BCUT2D eigenvalue weighted by Crippen LogP contribution is 2.41. The highest BCUT2D eigenvalue weighted by molar-refractivity contribution is 7.83. The Kier molecular flexibility index (Phi) is 8.02. The number of nitrogens with two attached hydrogens (primary N) is 1. The third kappa shape index (κ3) is 6.04. The van der Waals surface area contributed by atoms with E-state index in [2.05, 4.69) is 30.2 Å². The topological polar surface area (TPSA) is 251 Å². The second-order valence-corrected chi connectivity index (χ2v) is 12.0. The number of ether oxygens (including phenoxy) is 2. The van der Waals surface area contributed by atoms with Gasteiger partial charge >= 0.3 is 18.6 Å². The molecule has 2 fully saturated rings. The van der Waals surface area contributed by atoms with Crippen molar-refractivity contribution in [3.8, 4) is 0 Å². The molecule has 8 atom stereocenters. The van der Waals surface area contributed by atoms with E-state index in [9.17, 15) is 22.2 Å². The van der Waals surface area contributed by atoms with Crippen LogP contribution in [0.15, 0.2) is 23.6 Å². The normalized spacial score (nSPS) is 29.7. The van der Waals surface area contributed by atoms with Gasteiger partial charge in [0.2, 0.25) is 5.95 Å². The Labute approximate surface area is 240 Å². The molecule has 6 N–H and O–H groups in total. The van der Waals surface area contributed by atoms with Crippen LogP contribution in [-0.4, -0.2) is 99.2 Å². The molecule has 43 heavy (non-hydrogen) atoms. The summed E-state index contributed by atoms with van der Waals surface area (Å²) in [4.78, 5) is 32.0. The van der Waals surface area contributed by atoms with Gasteiger partial charge in [-0.05, 0) is 0 Å². The number of hydrogen-bond acceptors (Lipinski definition) is 15. The van der Waals surface area contributed by atoms with Crippen LogP contribution < -0.4 is 26.2 Å². The number of nitrogens with zero attached hydrogens (tertiary/aromatic N) is 6. The van der Waals surface area contributed by atoms with Crippen LogP contribution in [0, 0.1) is 0 Å². The largest absolute Gasteiger partial charge is 0.369 e. The lowest BCUT2D eigenvalue weighted by atomic mass is 10.1. The summed E-state index contributed by atoms with van der Waals surface area (Å²) in [6, 6.07) is 0. The lowest BCUT2D eigenvalue weighted by molar-refractivity contribution is -0.0202. The molecular weight excluding hydrogens is 625 g/mol. The molecular formula is C20H25F2N10O9PS. The zero-order valence-corrected chi connectivity index (χ0v) is 23.6. The summed E-state index contributed by atoms with van der Waals surface area (Å²) in [5.74, 6) is 0.0511. The third-order valence-electron chi connectivity index (χ3n) is 6.97. The fourth-order valence-corrected chi connectivity index (χ4v) is 6.28. The quantitative estimate of drug-likeness (QED) is 0.134. The first-order chi connectivity index (χ1) is 20.5. The zero-order valence-electron chi connectivity index (χ0n) is 21.7. The van der Waals surface area contributed by atoms with Crippen molar-refractivity contribution in [1.82, 2.24) is 34.2 Å². The average Bonchev–Trinajstić information content (AvgIpc) is 3.71. The number of alkyl halides is 2. The van der Waals surface area contributed by atoms with Gasteiger partial charge in [0.25, 0.3) is 5.56 Å². The first-order valence-electron chi connectivity index (χ1n) is 12.7. The van der Waals surface area contributed by atoms with Crippen molar-refractivity contribution in [2.75, 3.05) is 35.8 Å². The Morgan fingerprint density at radius 2 is 2.09 bits per heavy atom. The molecule has 3 aliphatic heterocycles. The molecule has 5 unspecified atom stereocenters. The average molecular weight is 651 g/mol. The minimum Gasteiger partial charge on any atom is -0.369 e. The van der Waals surface area contributed by atoms with E-state index < -0.39 is 80.4 Å². The van der Waals surface area contributed by atoms with Gasteiger partial charge < -0.3 is 34.5 Å². The second kappa shape index (κ2) is 11.6. The van der Waals surface area contributed by atoms with E-state index in [-0.39, 0.29) is 36.2 Å². The van der Waals surface area contributed by atoms with Gasteiger partial charge in [0.15, 0.2) is 23.9 Å². The molecule has 0 bridgehead atoms. The number of aromatic amines is 1. The Bertz CT molecular complexity index is 1700. The van der Waals surface area contributed by atoms with Gasteiger partial charge in [-0.2, -0.15) is 18.1 Å². The summed E-state index contributed by atoms with van der Waals surface area (Å²) < 4.78 is 99.8. The smallest absolute Gasteiger partial charge is 0.333 e. The standard InChI is InChI=1S/C20H25F2N10O9PS/c21-8-1-12(31-7-27-14-17(31)29-20(23)30-18(14)33)39-11(8)4-38-42(34)41-15-10(3-28-43(35,36)37)40-19(13(15)22)32-6-26-9-2-24-5-25-16(9)32/h2,5-6,8,10-13,15,19,27-28,42H,1,3-4,7H2,(H,35,36,37)(H3,23,29,30,33)/t8-,10?,11?,12?,13+,15+,19?/m0/s1. The first-order valence-corrected chi connectivity index (χ1v) is 15.3. The second-order valence-electron chi connectivity index (χ2n) is 9.70.